The van der Waals surface area contributed by atoms with Crippen LogP contribution in [-0.2, 0) is 15.1 Å². The van der Waals surface area contributed by atoms with Crippen LogP contribution in [0.2, 0.25) is 0 Å². The van der Waals surface area contributed by atoms with Crippen molar-refractivity contribution in [2.24, 2.45) is 16.6 Å². The van der Waals surface area contributed by atoms with E-state index < -0.39 is 17.3 Å². The third-order valence-corrected chi connectivity index (χ3v) is 6.25. The second kappa shape index (κ2) is 7.56. The molecule has 2 aliphatic rings. The third-order valence-electron chi connectivity index (χ3n) is 6.25. The van der Waals surface area contributed by atoms with Crippen LogP contribution in [-0.4, -0.2) is 41.5 Å². The normalized spacial score (nSPS) is 25.4. The molecule has 5 rings (SSSR count). The molecule has 32 heavy (non-hydrogen) atoms. The van der Waals surface area contributed by atoms with E-state index in [0.717, 1.165) is 10.8 Å². The molecule has 2 aliphatic heterocycles. The van der Waals surface area contributed by atoms with E-state index in [4.69, 9.17) is 15.2 Å². The summed E-state index contributed by atoms with van der Waals surface area (Å²) < 4.78 is 27.0. The number of aliphatic imine (C=N–C) groups is 1. The minimum atomic E-state index is -1.25. The molecule has 8 heteroatoms. The van der Waals surface area contributed by atoms with Crippen LogP contribution in [0.15, 0.2) is 59.7 Å². The van der Waals surface area contributed by atoms with Gasteiger partial charge in [-0.25, -0.2) is 14.4 Å². The molecule has 1 aromatic heterocycles. The summed E-state index contributed by atoms with van der Waals surface area (Å²) in [6.45, 7) is 1.94. The van der Waals surface area contributed by atoms with Crippen LogP contribution in [0.3, 0.4) is 0 Å². The first kappa shape index (κ1) is 20.4. The number of ether oxygens (including phenoxy) is 2. The van der Waals surface area contributed by atoms with Gasteiger partial charge in [-0.05, 0) is 36.9 Å². The fourth-order valence-corrected chi connectivity index (χ4v) is 4.47. The third kappa shape index (κ3) is 3.27. The van der Waals surface area contributed by atoms with Gasteiger partial charge < -0.3 is 15.2 Å². The zero-order valence-corrected chi connectivity index (χ0v) is 17.8. The molecule has 1 saturated heterocycles. The van der Waals surface area contributed by atoms with Gasteiger partial charge in [0.1, 0.15) is 17.1 Å². The molecule has 0 saturated carbocycles. The minimum absolute atomic E-state index is 0.0336. The highest BCUT2D eigenvalue weighted by Gasteiger charge is 2.54. The number of hydrogen-bond donors (Lipinski definition) is 1. The number of pyridine rings is 1. The van der Waals surface area contributed by atoms with Gasteiger partial charge in [-0.1, -0.05) is 24.3 Å². The molecule has 2 aromatic carbocycles. The number of guanidine groups is 1. The number of amides is 1. The Bertz CT molecular complexity index is 1250. The van der Waals surface area contributed by atoms with E-state index in [-0.39, 0.29) is 30.1 Å². The van der Waals surface area contributed by atoms with Crippen molar-refractivity contribution in [3.8, 4) is 11.6 Å². The topological polar surface area (TPSA) is 90.0 Å². The summed E-state index contributed by atoms with van der Waals surface area (Å²) in [5.74, 6) is -0.490. The van der Waals surface area contributed by atoms with E-state index in [1.165, 1.54) is 17.0 Å². The Morgan fingerprint density at radius 1 is 1.22 bits per heavy atom. The monoisotopic (exact) mass is 434 g/mol. The van der Waals surface area contributed by atoms with Gasteiger partial charge in [-0.2, -0.15) is 0 Å². The Morgan fingerprint density at radius 2 is 2.00 bits per heavy atom. The number of benzene rings is 2. The van der Waals surface area contributed by atoms with Crippen molar-refractivity contribution >= 4 is 22.6 Å². The quantitative estimate of drug-likeness (QED) is 0.681. The first-order valence-corrected chi connectivity index (χ1v) is 10.4. The predicted molar refractivity (Wildman–Crippen MR) is 118 cm³/mol. The number of rotatable bonds is 3. The van der Waals surface area contributed by atoms with Crippen molar-refractivity contribution in [1.29, 1.82) is 0 Å². The molecular weight excluding hydrogens is 411 g/mol. The zero-order chi connectivity index (χ0) is 22.5. The number of aromatic nitrogens is 1. The van der Waals surface area contributed by atoms with E-state index >= 15 is 4.39 Å². The van der Waals surface area contributed by atoms with Gasteiger partial charge in [0.05, 0.1) is 18.6 Å². The number of nitrogens with zero attached hydrogens (tertiary/aromatic N) is 3. The lowest BCUT2D eigenvalue weighted by Crippen LogP contribution is -2.59. The molecule has 0 unspecified atom stereocenters. The molecule has 1 amide bonds. The van der Waals surface area contributed by atoms with Gasteiger partial charge in [0.25, 0.3) is 0 Å². The summed E-state index contributed by atoms with van der Waals surface area (Å²) in [7, 11) is 1.58. The Balaban J connectivity index is 1.57. The van der Waals surface area contributed by atoms with Crippen LogP contribution in [0.4, 0.5) is 4.39 Å². The maximum Gasteiger partial charge on any atom is 0.235 e. The minimum Gasteiger partial charge on any atom is -0.439 e. The smallest absolute Gasteiger partial charge is 0.235 e. The van der Waals surface area contributed by atoms with E-state index in [1.54, 1.807) is 19.3 Å². The van der Waals surface area contributed by atoms with Crippen LogP contribution in [0.25, 0.3) is 10.8 Å². The number of fused-ring (bicyclic) bond motifs is 2. The largest absolute Gasteiger partial charge is 0.439 e. The summed E-state index contributed by atoms with van der Waals surface area (Å²) in [5, 5.41) is 1.97. The number of nitrogens with two attached hydrogens (primary N) is 1. The Labute approximate surface area is 184 Å². The van der Waals surface area contributed by atoms with Crippen LogP contribution >= 0.6 is 0 Å². The van der Waals surface area contributed by atoms with Gasteiger partial charge in [0.2, 0.25) is 11.8 Å². The van der Waals surface area contributed by atoms with Crippen LogP contribution < -0.4 is 10.5 Å². The van der Waals surface area contributed by atoms with Crippen LogP contribution in [0.1, 0.15) is 18.9 Å². The molecule has 2 N–H and O–H groups in total. The van der Waals surface area contributed by atoms with Gasteiger partial charge >= 0.3 is 0 Å². The fourth-order valence-electron chi connectivity index (χ4n) is 4.47. The summed E-state index contributed by atoms with van der Waals surface area (Å²) in [4.78, 5) is 23.3. The van der Waals surface area contributed by atoms with Crippen molar-refractivity contribution in [1.82, 2.24) is 9.88 Å². The van der Waals surface area contributed by atoms with Crippen molar-refractivity contribution < 1.29 is 18.7 Å². The van der Waals surface area contributed by atoms with E-state index in [1.807, 2.05) is 37.3 Å². The van der Waals surface area contributed by atoms with Gasteiger partial charge in [0, 0.05) is 30.3 Å². The summed E-state index contributed by atoms with van der Waals surface area (Å²) in [5.41, 5.74) is 5.00. The second-order valence-electron chi connectivity index (χ2n) is 8.31. The van der Waals surface area contributed by atoms with E-state index in [2.05, 4.69) is 9.98 Å². The predicted octanol–water partition coefficient (Wildman–Crippen LogP) is 3.57. The molecule has 3 aromatic rings. The van der Waals surface area contributed by atoms with Gasteiger partial charge in [0.15, 0.2) is 5.96 Å². The summed E-state index contributed by atoms with van der Waals surface area (Å²) in [6, 6.07) is 14.0. The first-order chi connectivity index (χ1) is 15.4. The highest BCUT2D eigenvalue weighted by molar-refractivity contribution is 6.00. The number of halogens is 1. The highest BCUT2D eigenvalue weighted by Crippen LogP contribution is 2.46. The molecule has 0 radical (unpaired) electrons. The molecule has 3 atom stereocenters. The Hall–Kier alpha value is -3.52. The Kier molecular flexibility index (Phi) is 4.82. The van der Waals surface area contributed by atoms with E-state index in [9.17, 15) is 4.79 Å². The lowest BCUT2D eigenvalue weighted by Gasteiger charge is -2.46. The summed E-state index contributed by atoms with van der Waals surface area (Å²) >= 11 is 0. The molecule has 0 aliphatic carbocycles. The summed E-state index contributed by atoms with van der Waals surface area (Å²) in [6.07, 6.45) is 1.99. The maximum atomic E-state index is 15.2. The average molecular weight is 434 g/mol. The SMILES string of the molecule is C[C@H]1C[C@H]2C(=O)N(C)C(N)=N[C@@]2(c2cc(Oc3cc4ccccc4cn3)ccc2F)CO1. The number of hydrogen-bond acceptors (Lipinski definition) is 6. The van der Waals surface area contributed by atoms with Crippen molar-refractivity contribution in [3.05, 3.63) is 66.1 Å². The van der Waals surface area contributed by atoms with E-state index in [0.29, 0.717) is 18.1 Å². The molecule has 0 spiro atoms. The van der Waals surface area contributed by atoms with Crippen molar-refractivity contribution in [2.45, 2.75) is 25.0 Å². The van der Waals surface area contributed by atoms with Gasteiger partial charge in [-0.3, -0.25) is 9.69 Å². The highest BCUT2D eigenvalue weighted by atomic mass is 19.1. The zero-order valence-electron chi connectivity index (χ0n) is 17.8. The number of carbonyl (C=O) groups excluding carboxylic acids is 1. The molecule has 1 fully saturated rings. The molecule has 0 bridgehead atoms. The Morgan fingerprint density at radius 3 is 2.81 bits per heavy atom. The molecule has 7 nitrogen and oxygen atoms in total. The van der Waals surface area contributed by atoms with Crippen molar-refractivity contribution in [3.63, 3.8) is 0 Å². The van der Waals surface area contributed by atoms with Crippen molar-refractivity contribution in [2.75, 3.05) is 13.7 Å². The molecular formula is C24H23FN4O3. The maximum absolute atomic E-state index is 15.2. The molecule has 164 valence electrons. The van der Waals surface area contributed by atoms with Crippen LogP contribution in [0, 0.1) is 11.7 Å². The fraction of sp³-hybridized carbons (Fsp3) is 0.292. The standard InChI is InChI=1S/C24H23FN4O3/c1-14-9-19-22(30)29(2)23(26)28-24(19,13-31-14)18-11-17(7-8-20(18)25)32-21-10-15-5-3-4-6-16(15)12-27-21/h3-8,10-12,14,19H,9,13H2,1-2H3,(H2,26,28)/t14-,19-,24+/m0/s1. The first-order valence-electron chi connectivity index (χ1n) is 10.4. The number of carbonyl (C=O) groups is 1. The average Bonchev–Trinajstić information content (AvgIpc) is 2.79. The van der Waals surface area contributed by atoms with Gasteiger partial charge in [-0.15, -0.1) is 0 Å². The molecule has 3 heterocycles. The lowest BCUT2D eigenvalue weighted by atomic mass is 9.72. The lowest BCUT2D eigenvalue weighted by molar-refractivity contribution is -0.144. The second-order valence-corrected chi connectivity index (χ2v) is 8.31. The van der Waals surface area contributed by atoms with Crippen LogP contribution in [0.5, 0.6) is 11.6 Å².